The first-order chi connectivity index (χ1) is 13.3. The zero-order chi connectivity index (χ0) is 22.0. The van der Waals surface area contributed by atoms with Crippen molar-refractivity contribution in [1.82, 2.24) is 0 Å². The average molecular weight is 450 g/mol. The Balaban J connectivity index is 1.98. The lowest BCUT2D eigenvalue weighted by Gasteiger charge is -2.11. The lowest BCUT2D eigenvalue weighted by molar-refractivity contribution is 0.368. The topological polar surface area (TPSA) is 214 Å². The van der Waals surface area contributed by atoms with Gasteiger partial charge in [0.15, 0.2) is 34.5 Å². The summed E-state index contributed by atoms with van der Waals surface area (Å²) in [5.74, 6) is -5.94. The summed E-state index contributed by atoms with van der Waals surface area (Å²) in [6, 6.07) is 3.42. The van der Waals surface area contributed by atoms with Gasteiger partial charge in [0, 0.05) is 24.3 Å². The Morgan fingerprint density at radius 2 is 0.862 bits per heavy atom. The normalized spacial score (nSPS) is 11.9. The Bertz CT molecular complexity index is 994. The van der Waals surface area contributed by atoms with Crippen molar-refractivity contribution in [1.29, 1.82) is 0 Å². The standard InChI is InChI=1S/C15H18N2O10S2/c18-10-4-8(5-11(19)14(10)22)16-28(24,25)2-1-3-29(26,27)17-9-6-12(20)15(23)13(21)7-9/h4-7,16-23H,1-3H2. The number of nitrogens with one attached hydrogen (secondary N) is 2. The Hall–Kier alpha value is -3.26. The third kappa shape index (κ3) is 5.86. The van der Waals surface area contributed by atoms with Gasteiger partial charge in [-0.05, 0) is 6.42 Å². The minimum absolute atomic E-state index is 0.242. The highest BCUT2D eigenvalue weighted by molar-refractivity contribution is 7.93. The molecule has 2 rings (SSSR count). The van der Waals surface area contributed by atoms with Gasteiger partial charge in [-0.15, -0.1) is 0 Å². The Labute approximate surface area is 165 Å². The molecule has 0 bridgehead atoms. The fourth-order valence-electron chi connectivity index (χ4n) is 2.23. The molecule has 0 atom stereocenters. The summed E-state index contributed by atoms with van der Waals surface area (Å²) in [5.41, 5.74) is -0.484. The van der Waals surface area contributed by atoms with E-state index in [9.17, 15) is 47.5 Å². The highest BCUT2D eigenvalue weighted by Crippen LogP contribution is 2.38. The van der Waals surface area contributed by atoms with Gasteiger partial charge in [-0.25, -0.2) is 16.8 Å². The molecular weight excluding hydrogens is 432 g/mol. The quantitative estimate of drug-likeness (QED) is 0.206. The first kappa shape index (κ1) is 22.0. The number of hydrogen-bond acceptors (Lipinski definition) is 10. The van der Waals surface area contributed by atoms with E-state index in [1.807, 2.05) is 9.44 Å². The number of sulfonamides is 2. The Morgan fingerprint density at radius 1 is 0.586 bits per heavy atom. The minimum atomic E-state index is -4.05. The molecule has 29 heavy (non-hydrogen) atoms. The van der Waals surface area contributed by atoms with E-state index in [0.717, 1.165) is 24.3 Å². The van der Waals surface area contributed by atoms with E-state index in [1.54, 1.807) is 0 Å². The molecule has 160 valence electrons. The third-order valence-corrected chi connectivity index (χ3v) is 6.26. The zero-order valence-corrected chi connectivity index (χ0v) is 16.2. The number of aromatic hydroxyl groups is 6. The molecule has 0 aliphatic carbocycles. The molecule has 0 aromatic heterocycles. The summed E-state index contributed by atoms with van der Waals surface area (Å²) in [5, 5.41) is 56.0. The first-order valence-corrected chi connectivity index (χ1v) is 11.1. The van der Waals surface area contributed by atoms with Crippen LogP contribution in [0.15, 0.2) is 24.3 Å². The largest absolute Gasteiger partial charge is 0.504 e. The van der Waals surface area contributed by atoms with Crippen molar-refractivity contribution in [2.24, 2.45) is 0 Å². The van der Waals surface area contributed by atoms with Crippen molar-refractivity contribution >= 4 is 31.4 Å². The summed E-state index contributed by atoms with van der Waals surface area (Å²) in [6.07, 6.45) is -0.350. The second kappa shape index (κ2) is 8.00. The number of anilines is 2. The van der Waals surface area contributed by atoms with E-state index in [0.29, 0.717) is 0 Å². The second-order valence-electron chi connectivity index (χ2n) is 5.92. The molecule has 0 fully saturated rings. The molecule has 0 unspecified atom stereocenters. The van der Waals surface area contributed by atoms with Gasteiger partial charge < -0.3 is 30.6 Å². The van der Waals surface area contributed by atoms with E-state index < -0.39 is 66.0 Å². The van der Waals surface area contributed by atoms with Crippen LogP contribution in [0, 0.1) is 0 Å². The number of hydrogen-bond donors (Lipinski definition) is 8. The van der Waals surface area contributed by atoms with Crippen LogP contribution in [-0.2, 0) is 20.0 Å². The van der Waals surface area contributed by atoms with E-state index in [1.165, 1.54) is 0 Å². The maximum Gasteiger partial charge on any atom is 0.232 e. The SMILES string of the molecule is O=S(=O)(CCCS(=O)(=O)Nc1cc(O)c(O)c(O)c1)Nc1cc(O)c(O)c(O)c1. The van der Waals surface area contributed by atoms with Crippen molar-refractivity contribution < 1.29 is 47.5 Å². The van der Waals surface area contributed by atoms with Crippen LogP contribution in [0.5, 0.6) is 34.5 Å². The molecule has 14 heteroatoms. The van der Waals surface area contributed by atoms with Crippen molar-refractivity contribution in [2.75, 3.05) is 20.9 Å². The predicted octanol–water partition coefficient (Wildman–Crippen LogP) is 0.494. The third-order valence-electron chi connectivity index (χ3n) is 3.51. The number of phenolic OH excluding ortho intramolecular Hbond substituents is 6. The molecular formula is C15H18N2O10S2. The van der Waals surface area contributed by atoms with Gasteiger partial charge in [0.2, 0.25) is 20.0 Å². The van der Waals surface area contributed by atoms with Gasteiger partial charge in [-0.2, -0.15) is 0 Å². The van der Waals surface area contributed by atoms with Gasteiger partial charge in [-0.1, -0.05) is 0 Å². The lowest BCUT2D eigenvalue weighted by atomic mass is 10.2. The second-order valence-corrected chi connectivity index (χ2v) is 9.61. The van der Waals surface area contributed by atoms with Crippen LogP contribution >= 0.6 is 0 Å². The number of phenols is 6. The highest BCUT2D eigenvalue weighted by Gasteiger charge is 2.18. The van der Waals surface area contributed by atoms with E-state index in [-0.39, 0.29) is 17.8 Å². The molecule has 12 nitrogen and oxygen atoms in total. The number of rotatable bonds is 8. The van der Waals surface area contributed by atoms with Crippen LogP contribution in [0.25, 0.3) is 0 Å². The van der Waals surface area contributed by atoms with E-state index in [4.69, 9.17) is 0 Å². The predicted molar refractivity (Wildman–Crippen MR) is 102 cm³/mol. The Kier molecular flexibility index (Phi) is 6.08. The fourth-order valence-corrected chi connectivity index (χ4v) is 4.62. The van der Waals surface area contributed by atoms with Crippen LogP contribution in [0.1, 0.15) is 6.42 Å². The molecule has 0 radical (unpaired) electrons. The smallest absolute Gasteiger partial charge is 0.232 e. The van der Waals surface area contributed by atoms with E-state index in [2.05, 4.69) is 0 Å². The van der Waals surface area contributed by atoms with Crippen molar-refractivity contribution in [3.63, 3.8) is 0 Å². The molecule has 0 heterocycles. The van der Waals surface area contributed by atoms with Crippen LogP contribution < -0.4 is 9.44 Å². The zero-order valence-electron chi connectivity index (χ0n) is 14.6. The van der Waals surface area contributed by atoms with Gasteiger partial charge in [0.25, 0.3) is 0 Å². The molecule has 0 saturated heterocycles. The average Bonchev–Trinajstić information content (AvgIpc) is 2.56. The van der Waals surface area contributed by atoms with Crippen LogP contribution in [-0.4, -0.2) is 59.0 Å². The molecule has 0 aliphatic heterocycles. The Morgan fingerprint density at radius 3 is 1.14 bits per heavy atom. The highest BCUT2D eigenvalue weighted by atomic mass is 32.2. The maximum atomic E-state index is 12.0. The minimum Gasteiger partial charge on any atom is -0.504 e. The summed E-state index contributed by atoms with van der Waals surface area (Å²) < 4.78 is 52.2. The molecule has 0 amide bonds. The van der Waals surface area contributed by atoms with Gasteiger partial charge in [-0.3, -0.25) is 9.44 Å². The monoisotopic (exact) mass is 450 g/mol. The van der Waals surface area contributed by atoms with Gasteiger partial charge in [0.1, 0.15) is 0 Å². The van der Waals surface area contributed by atoms with Crippen molar-refractivity contribution in [3.8, 4) is 34.5 Å². The van der Waals surface area contributed by atoms with Crippen molar-refractivity contribution in [2.45, 2.75) is 6.42 Å². The molecule has 2 aromatic carbocycles. The summed E-state index contributed by atoms with van der Waals surface area (Å²) >= 11 is 0. The summed E-state index contributed by atoms with van der Waals surface area (Å²) in [4.78, 5) is 0. The molecule has 2 aromatic rings. The molecule has 0 saturated carbocycles. The summed E-state index contributed by atoms with van der Waals surface area (Å²) in [6.45, 7) is 0. The van der Waals surface area contributed by atoms with Gasteiger partial charge in [0.05, 0.1) is 22.9 Å². The number of benzene rings is 2. The molecule has 0 spiro atoms. The van der Waals surface area contributed by atoms with Crippen LogP contribution in [0.2, 0.25) is 0 Å². The van der Waals surface area contributed by atoms with Gasteiger partial charge >= 0.3 is 0 Å². The fraction of sp³-hybridized carbons (Fsp3) is 0.200. The summed E-state index contributed by atoms with van der Waals surface area (Å²) in [7, 11) is -8.11. The van der Waals surface area contributed by atoms with Crippen molar-refractivity contribution in [3.05, 3.63) is 24.3 Å². The van der Waals surface area contributed by atoms with Crippen LogP contribution in [0.4, 0.5) is 11.4 Å². The first-order valence-electron chi connectivity index (χ1n) is 7.80. The van der Waals surface area contributed by atoms with E-state index >= 15 is 0 Å². The van der Waals surface area contributed by atoms with Crippen LogP contribution in [0.3, 0.4) is 0 Å². The molecule has 8 N–H and O–H groups in total. The molecule has 0 aliphatic rings. The maximum absolute atomic E-state index is 12.0. The lowest BCUT2D eigenvalue weighted by Crippen LogP contribution is -2.22.